The molecule has 0 aromatic rings. The lowest BCUT2D eigenvalue weighted by Gasteiger charge is -2.22. The summed E-state index contributed by atoms with van der Waals surface area (Å²) < 4.78 is 0. The van der Waals surface area contributed by atoms with Gasteiger partial charge in [-0.3, -0.25) is 5.73 Å². The summed E-state index contributed by atoms with van der Waals surface area (Å²) in [5.41, 5.74) is 7.49. The fraction of sp³-hybridized carbons (Fsp3) is 1.00. The van der Waals surface area contributed by atoms with E-state index < -0.39 is 0 Å². The lowest BCUT2D eigenvalue weighted by atomic mass is 9.84. The summed E-state index contributed by atoms with van der Waals surface area (Å²) in [6, 6.07) is 0. The first kappa shape index (κ1) is 11.0. The summed E-state index contributed by atoms with van der Waals surface area (Å²) >= 11 is 0. The molecule has 1 heteroatoms. The van der Waals surface area contributed by atoms with Gasteiger partial charge in [-0.2, -0.15) is 0 Å². The van der Waals surface area contributed by atoms with Crippen LogP contribution in [0.3, 0.4) is 0 Å². The van der Waals surface area contributed by atoms with Crippen LogP contribution in [0, 0.1) is 11.3 Å². The number of nitrogens with one attached hydrogen (secondary N) is 1. The minimum absolute atomic E-state index is 0.460. The van der Waals surface area contributed by atoms with Crippen LogP contribution in [0.4, 0.5) is 0 Å². The van der Waals surface area contributed by atoms with Crippen molar-refractivity contribution >= 4 is 0 Å². The Bertz CT molecular complexity index is 91.5. The van der Waals surface area contributed by atoms with Crippen LogP contribution in [-0.2, 0) is 0 Å². The minimum Gasteiger partial charge on any atom is -0.258 e. The Labute approximate surface area is 71.4 Å². The van der Waals surface area contributed by atoms with Gasteiger partial charge in [0.2, 0.25) is 0 Å². The summed E-state index contributed by atoms with van der Waals surface area (Å²) in [5, 5.41) is 0. The molecule has 1 radical (unpaired) electrons. The highest BCUT2D eigenvalue weighted by Crippen LogP contribution is 2.26. The lowest BCUT2D eigenvalue weighted by Crippen LogP contribution is -2.11. The second-order valence-corrected chi connectivity index (χ2v) is 4.76. The zero-order chi connectivity index (χ0) is 8.91. The Kier molecular flexibility index (Phi) is 4.74. The summed E-state index contributed by atoms with van der Waals surface area (Å²) in [6.45, 7) is 9.73. The van der Waals surface area contributed by atoms with Gasteiger partial charge < -0.3 is 0 Å². The Morgan fingerprint density at radius 3 is 2.18 bits per heavy atom. The van der Waals surface area contributed by atoms with E-state index in [1.54, 1.807) is 0 Å². The van der Waals surface area contributed by atoms with Gasteiger partial charge in [0.1, 0.15) is 0 Å². The van der Waals surface area contributed by atoms with Crippen molar-refractivity contribution in [2.75, 3.05) is 6.54 Å². The van der Waals surface area contributed by atoms with E-state index in [0.29, 0.717) is 12.0 Å². The maximum absolute atomic E-state index is 7.03. The van der Waals surface area contributed by atoms with Crippen LogP contribution in [0.2, 0.25) is 0 Å². The quantitative estimate of drug-likeness (QED) is 0.597. The van der Waals surface area contributed by atoms with Crippen molar-refractivity contribution in [1.82, 2.24) is 5.73 Å². The second-order valence-electron chi connectivity index (χ2n) is 4.76. The van der Waals surface area contributed by atoms with Crippen molar-refractivity contribution in [3.05, 3.63) is 0 Å². The highest BCUT2D eigenvalue weighted by Gasteiger charge is 2.14. The van der Waals surface area contributed by atoms with Crippen LogP contribution in [-0.4, -0.2) is 6.54 Å². The average Bonchev–Trinajstić information content (AvgIpc) is 1.79. The third kappa shape index (κ3) is 7.86. The van der Waals surface area contributed by atoms with Gasteiger partial charge in [-0.15, -0.1) is 0 Å². The molecule has 0 aromatic carbocycles. The van der Waals surface area contributed by atoms with E-state index in [1.807, 2.05) is 0 Å². The smallest absolute Gasteiger partial charge is 0.00998 e. The second kappa shape index (κ2) is 4.76. The van der Waals surface area contributed by atoms with E-state index in [9.17, 15) is 0 Å². The fourth-order valence-electron chi connectivity index (χ4n) is 1.60. The number of hydrogen-bond donors (Lipinski definition) is 0. The van der Waals surface area contributed by atoms with Crippen molar-refractivity contribution in [3.8, 4) is 0 Å². The van der Waals surface area contributed by atoms with Gasteiger partial charge in [-0.1, -0.05) is 27.7 Å². The van der Waals surface area contributed by atoms with Crippen molar-refractivity contribution < 1.29 is 0 Å². The third-order valence-corrected chi connectivity index (χ3v) is 1.83. The summed E-state index contributed by atoms with van der Waals surface area (Å²) in [4.78, 5) is 0. The van der Waals surface area contributed by atoms with Crippen molar-refractivity contribution in [3.63, 3.8) is 0 Å². The molecule has 0 fully saturated rings. The van der Waals surface area contributed by atoms with Crippen molar-refractivity contribution in [2.24, 2.45) is 11.3 Å². The zero-order valence-electron chi connectivity index (χ0n) is 8.41. The maximum Gasteiger partial charge on any atom is 0.00998 e. The normalized spacial score (nSPS) is 15.0. The van der Waals surface area contributed by atoms with Gasteiger partial charge in [-0.25, -0.2) is 0 Å². The summed E-state index contributed by atoms with van der Waals surface area (Å²) in [6.07, 6.45) is 3.57. The molecule has 0 saturated heterocycles. The molecule has 0 aliphatic rings. The van der Waals surface area contributed by atoms with E-state index in [-0.39, 0.29) is 0 Å². The monoisotopic (exact) mass is 156 g/mol. The molecule has 0 bridgehead atoms. The van der Waals surface area contributed by atoms with E-state index in [1.165, 1.54) is 12.8 Å². The predicted molar refractivity (Wildman–Crippen MR) is 50.4 cm³/mol. The molecular formula is C10H22N. The van der Waals surface area contributed by atoms with Crippen molar-refractivity contribution in [1.29, 1.82) is 0 Å². The Hall–Kier alpha value is -0.0400. The van der Waals surface area contributed by atoms with Crippen LogP contribution in [0.25, 0.3) is 0 Å². The standard InChI is InChI=1S/C10H22N/c1-9(6-5-7-11)8-10(2,3)4/h9,11H,5-8H2,1-4H3. The molecule has 11 heavy (non-hydrogen) atoms. The van der Waals surface area contributed by atoms with Crippen molar-refractivity contribution in [2.45, 2.75) is 47.0 Å². The molecule has 0 aromatic heterocycles. The molecule has 67 valence electrons. The Morgan fingerprint density at radius 1 is 1.27 bits per heavy atom. The van der Waals surface area contributed by atoms with E-state index in [2.05, 4.69) is 27.7 Å². The molecule has 0 rings (SSSR count). The predicted octanol–water partition coefficient (Wildman–Crippen LogP) is 3.12. The first-order chi connectivity index (χ1) is 4.95. The molecule has 0 aliphatic heterocycles. The van der Waals surface area contributed by atoms with Gasteiger partial charge in [0.05, 0.1) is 0 Å². The molecule has 0 spiro atoms. The molecule has 0 saturated carbocycles. The third-order valence-electron chi connectivity index (χ3n) is 1.83. The summed E-state index contributed by atoms with van der Waals surface area (Å²) in [5.74, 6) is 0.792. The minimum atomic E-state index is 0.460. The molecule has 1 unspecified atom stereocenters. The van der Waals surface area contributed by atoms with Gasteiger partial charge in [0, 0.05) is 6.54 Å². The van der Waals surface area contributed by atoms with Gasteiger partial charge in [-0.05, 0) is 30.6 Å². The zero-order valence-corrected chi connectivity index (χ0v) is 8.41. The molecule has 1 N–H and O–H groups in total. The molecule has 0 amide bonds. The SMILES string of the molecule is CC(CCC[NH])CC(C)(C)C. The van der Waals surface area contributed by atoms with Crippen LogP contribution in [0.1, 0.15) is 47.0 Å². The highest BCUT2D eigenvalue weighted by molar-refractivity contribution is 4.66. The molecular weight excluding hydrogens is 134 g/mol. The average molecular weight is 156 g/mol. The largest absolute Gasteiger partial charge is 0.258 e. The topological polar surface area (TPSA) is 23.8 Å². The van der Waals surface area contributed by atoms with Gasteiger partial charge in [0.15, 0.2) is 0 Å². The first-order valence-corrected chi connectivity index (χ1v) is 4.60. The number of rotatable bonds is 4. The maximum atomic E-state index is 7.03. The number of hydrogen-bond acceptors (Lipinski definition) is 0. The van der Waals surface area contributed by atoms with Gasteiger partial charge >= 0.3 is 0 Å². The van der Waals surface area contributed by atoms with E-state index >= 15 is 0 Å². The Morgan fingerprint density at radius 2 is 1.82 bits per heavy atom. The van der Waals surface area contributed by atoms with E-state index in [0.717, 1.165) is 12.3 Å². The lowest BCUT2D eigenvalue weighted by molar-refractivity contribution is 0.294. The molecule has 0 heterocycles. The molecule has 0 aliphatic carbocycles. The summed E-state index contributed by atoms with van der Waals surface area (Å²) in [7, 11) is 0. The molecule has 1 atom stereocenters. The highest BCUT2D eigenvalue weighted by atomic mass is 14.5. The molecule has 1 nitrogen and oxygen atoms in total. The van der Waals surface area contributed by atoms with Gasteiger partial charge in [0.25, 0.3) is 0 Å². The van der Waals surface area contributed by atoms with E-state index in [4.69, 9.17) is 5.73 Å². The van der Waals surface area contributed by atoms with Crippen LogP contribution in [0.15, 0.2) is 0 Å². The Balaban J connectivity index is 3.44. The van der Waals surface area contributed by atoms with Crippen LogP contribution >= 0.6 is 0 Å². The first-order valence-electron chi connectivity index (χ1n) is 4.60. The fourth-order valence-corrected chi connectivity index (χ4v) is 1.60. The van der Waals surface area contributed by atoms with Crippen LogP contribution in [0.5, 0.6) is 0 Å². The van der Waals surface area contributed by atoms with Crippen LogP contribution < -0.4 is 5.73 Å².